The van der Waals surface area contributed by atoms with Crippen LogP contribution < -0.4 is 4.57 Å². The van der Waals surface area contributed by atoms with Gasteiger partial charge in [-0.05, 0) is 66.0 Å². The van der Waals surface area contributed by atoms with Crippen molar-refractivity contribution in [2.24, 2.45) is 11.8 Å². The number of aryl methyl sites for hydroxylation is 1. The summed E-state index contributed by atoms with van der Waals surface area (Å²) >= 11 is 1.87. The Morgan fingerprint density at radius 1 is 0.872 bits per heavy atom. The topological polar surface area (TPSA) is 41.2 Å². The minimum Gasteiger partial charge on any atom is -0.512 e. The summed E-state index contributed by atoms with van der Waals surface area (Å²) in [6.45, 7) is 21.7. The molecule has 5 aromatic rings. The fourth-order valence-corrected chi connectivity index (χ4v) is 7.75. The first-order valence-electron chi connectivity index (χ1n) is 16.9. The summed E-state index contributed by atoms with van der Waals surface area (Å²) in [6.07, 6.45) is 8.04. The van der Waals surface area contributed by atoms with Crippen LogP contribution in [0.5, 0.6) is 0 Å². The average molecular weight is 827 g/mol. The third kappa shape index (κ3) is 8.13. The minimum absolute atomic E-state index is 0. The normalized spacial score (nSPS) is 12.1. The average Bonchev–Trinajstić information content (AvgIpc) is 3.40. The Kier molecular flexibility index (Phi) is 13.3. The zero-order valence-corrected chi connectivity index (χ0v) is 32.7. The number of rotatable bonds is 9. The maximum atomic E-state index is 11.7. The predicted octanol–water partition coefficient (Wildman–Crippen LogP) is 11.7. The van der Waals surface area contributed by atoms with E-state index < -0.39 is 0 Å². The van der Waals surface area contributed by atoms with Crippen molar-refractivity contribution in [1.29, 1.82) is 0 Å². The first-order valence-corrected chi connectivity index (χ1v) is 17.7. The van der Waals surface area contributed by atoms with Gasteiger partial charge in [0.15, 0.2) is 5.78 Å². The molecule has 0 aliphatic carbocycles. The van der Waals surface area contributed by atoms with Crippen molar-refractivity contribution in [2.75, 3.05) is 0 Å². The Balaban J connectivity index is 0.000000322. The van der Waals surface area contributed by atoms with Gasteiger partial charge in [0.1, 0.15) is 0 Å². The molecule has 0 aliphatic heterocycles. The summed E-state index contributed by atoms with van der Waals surface area (Å²) < 4.78 is 4.63. The van der Waals surface area contributed by atoms with Crippen molar-refractivity contribution in [1.82, 2.24) is 0 Å². The molecule has 253 valence electrons. The molecule has 2 heterocycles. The van der Waals surface area contributed by atoms with Crippen LogP contribution in [0.15, 0.2) is 72.6 Å². The molecule has 0 fully saturated rings. The minimum atomic E-state index is 0. The summed E-state index contributed by atoms with van der Waals surface area (Å²) in [5, 5.41) is 14.9. The zero-order chi connectivity index (χ0) is 33.8. The predicted molar refractivity (Wildman–Crippen MR) is 200 cm³/mol. The second-order valence-corrected chi connectivity index (χ2v) is 14.5. The van der Waals surface area contributed by atoms with Crippen LogP contribution in [0.2, 0.25) is 0 Å². The van der Waals surface area contributed by atoms with E-state index in [0.29, 0.717) is 0 Å². The third-order valence-electron chi connectivity index (χ3n) is 9.43. The van der Waals surface area contributed by atoms with Gasteiger partial charge in [-0.15, -0.1) is 34.4 Å². The van der Waals surface area contributed by atoms with E-state index in [2.05, 4.69) is 102 Å². The maximum Gasteiger partial charge on any atom is 0.162 e. The number of aliphatic hydroxyl groups is 1. The van der Waals surface area contributed by atoms with E-state index in [0.717, 1.165) is 43.4 Å². The second-order valence-electron chi connectivity index (χ2n) is 13.4. The third-order valence-corrected chi connectivity index (χ3v) is 10.6. The molecule has 2 aromatic heterocycles. The van der Waals surface area contributed by atoms with Gasteiger partial charge in [-0.25, -0.2) is 0 Å². The maximum absolute atomic E-state index is 11.7. The van der Waals surface area contributed by atoms with Gasteiger partial charge in [0.2, 0.25) is 0 Å². The number of nitrogens with zero attached hydrogens (tertiary/aromatic N) is 1. The number of hydrogen-bond donors (Lipinski definition) is 1. The van der Waals surface area contributed by atoms with Crippen LogP contribution in [0, 0.1) is 25.8 Å². The molecule has 0 bridgehead atoms. The molecule has 0 saturated heterocycles. The molecular weight excluding hydrogens is 775 g/mol. The largest absolute Gasteiger partial charge is 0.512 e. The van der Waals surface area contributed by atoms with Crippen molar-refractivity contribution >= 4 is 48.1 Å². The number of aromatic nitrogens is 1. The molecule has 5 rings (SSSR count). The van der Waals surface area contributed by atoms with Gasteiger partial charge in [0.25, 0.3) is 0 Å². The van der Waals surface area contributed by atoms with Gasteiger partial charge < -0.3 is 9.67 Å². The Morgan fingerprint density at radius 3 is 2.06 bits per heavy atom. The summed E-state index contributed by atoms with van der Waals surface area (Å²) in [4.78, 5) is 11.7. The van der Waals surface area contributed by atoms with Gasteiger partial charge in [-0.2, -0.15) is 12.5 Å². The first-order chi connectivity index (χ1) is 21.9. The zero-order valence-electron chi connectivity index (χ0n) is 29.5. The number of ketones is 1. The van der Waals surface area contributed by atoms with Crippen molar-refractivity contribution < 1.29 is 34.6 Å². The summed E-state index contributed by atoms with van der Waals surface area (Å²) in [6, 6.07) is 20.1. The van der Waals surface area contributed by atoms with E-state index in [1.807, 2.05) is 43.6 Å². The first kappa shape index (κ1) is 38.3. The molecular formula is C42H52IrNO2S-. The summed E-state index contributed by atoms with van der Waals surface area (Å²) in [5.74, 6) is 0.547. The van der Waals surface area contributed by atoms with Crippen LogP contribution >= 0.6 is 11.3 Å². The number of thiophene rings is 1. The van der Waals surface area contributed by atoms with Crippen LogP contribution in [-0.4, -0.2) is 10.9 Å². The Hall–Kier alpha value is -3.11. The molecule has 3 aromatic carbocycles. The van der Waals surface area contributed by atoms with Gasteiger partial charge in [0, 0.05) is 54.5 Å². The molecule has 47 heavy (non-hydrogen) atoms. The van der Waals surface area contributed by atoms with E-state index in [9.17, 15) is 9.90 Å². The molecule has 0 amide bonds. The van der Waals surface area contributed by atoms with Gasteiger partial charge in [0.05, 0.1) is 17.6 Å². The summed E-state index contributed by atoms with van der Waals surface area (Å²) in [7, 11) is 4.36. The van der Waals surface area contributed by atoms with Crippen LogP contribution in [-0.2, 0) is 36.7 Å². The number of benzene rings is 3. The summed E-state index contributed by atoms with van der Waals surface area (Å²) in [5.41, 5.74) is 6.14. The van der Waals surface area contributed by atoms with E-state index in [1.165, 1.54) is 53.7 Å². The van der Waals surface area contributed by atoms with Crippen molar-refractivity contribution in [3.05, 3.63) is 103 Å². The molecule has 5 heteroatoms. The van der Waals surface area contributed by atoms with Crippen molar-refractivity contribution in [3.63, 3.8) is 0 Å². The molecule has 0 saturated carbocycles. The van der Waals surface area contributed by atoms with Crippen LogP contribution in [0.25, 0.3) is 42.2 Å². The molecule has 1 radical (unpaired) electrons. The quantitative estimate of drug-likeness (QED) is 0.0696. The van der Waals surface area contributed by atoms with Crippen LogP contribution in [0.1, 0.15) is 97.8 Å². The number of allylic oxidation sites excluding steroid dienone is 2. The van der Waals surface area contributed by atoms with E-state index in [1.54, 1.807) is 0 Å². The molecule has 0 unspecified atom stereocenters. The fraction of sp³-hybridized carbons (Fsp3) is 0.381. The molecule has 0 atom stereocenters. The number of pyridine rings is 1. The fourth-order valence-electron chi connectivity index (χ4n) is 6.42. The SMILES string of the molecule is CCC(CC)C(=O)/C=C(\O)C(CC)CC.[CH2-]c1c(-c2c3sc4cc(CC)ccc4c3cc[n+]2[CH2-])cc(C(C)(C)C)c2ccccc12.[Ir]. The smallest absolute Gasteiger partial charge is 0.162 e. The van der Waals surface area contributed by atoms with Crippen molar-refractivity contribution in [3.8, 4) is 11.3 Å². The van der Waals surface area contributed by atoms with Crippen LogP contribution in [0.4, 0.5) is 0 Å². The molecule has 3 nitrogen and oxygen atoms in total. The number of carbonyl (C=O) groups is 1. The number of carbonyl (C=O) groups excluding carboxylic acids is 1. The van der Waals surface area contributed by atoms with E-state index in [4.69, 9.17) is 0 Å². The van der Waals surface area contributed by atoms with E-state index >= 15 is 0 Å². The number of fused-ring (bicyclic) bond motifs is 4. The molecule has 0 aliphatic rings. The number of aliphatic hydroxyl groups excluding tert-OH is 1. The van der Waals surface area contributed by atoms with Crippen molar-refractivity contribution in [2.45, 2.75) is 92.9 Å². The Morgan fingerprint density at radius 2 is 1.49 bits per heavy atom. The van der Waals surface area contributed by atoms with Gasteiger partial charge in [-0.3, -0.25) is 4.79 Å². The number of hydrogen-bond acceptors (Lipinski definition) is 3. The molecule has 0 spiro atoms. The standard InChI is InChI=1S/C29H28NS.C13H24O2.Ir/c1-7-19-12-13-22-23-14-15-30(6)27(28(23)31-26(22)16-19)24-17-25(29(3,4)5)21-11-9-8-10-20(21)18(24)2;1-5-10(6-2)12(14)9-13(15)11(7-3)8-4;/h8-17H,2,6-7H2,1,3-5H3;9-11,14H,5-8H2,1-4H3;/q-1;;/b;12-9-;. The van der Waals surface area contributed by atoms with Gasteiger partial charge in [-0.1, -0.05) is 96.7 Å². The second kappa shape index (κ2) is 16.3. The van der Waals surface area contributed by atoms with E-state index in [-0.39, 0.29) is 48.9 Å². The van der Waals surface area contributed by atoms with Crippen LogP contribution in [0.3, 0.4) is 0 Å². The monoisotopic (exact) mass is 827 g/mol. The van der Waals surface area contributed by atoms with Gasteiger partial charge >= 0.3 is 0 Å². The molecule has 1 N–H and O–H groups in total. The Labute approximate surface area is 300 Å². The Bertz CT molecular complexity index is 1870.